The van der Waals surface area contributed by atoms with Crippen molar-refractivity contribution in [3.8, 4) is 0 Å². The summed E-state index contributed by atoms with van der Waals surface area (Å²) in [5.41, 5.74) is -0.789. The molecular formula is C14H28N2O2. The van der Waals surface area contributed by atoms with E-state index in [0.29, 0.717) is 18.5 Å². The fourth-order valence-corrected chi connectivity index (χ4v) is 2.87. The molecule has 1 aliphatic rings. The van der Waals surface area contributed by atoms with Crippen LogP contribution in [0, 0.1) is 0 Å². The molecule has 106 valence electrons. The molecule has 0 aliphatic carbocycles. The molecule has 1 heterocycles. The molecule has 2 N–H and O–H groups in total. The van der Waals surface area contributed by atoms with Crippen LogP contribution in [0.3, 0.4) is 0 Å². The van der Waals surface area contributed by atoms with E-state index in [0.717, 1.165) is 13.0 Å². The van der Waals surface area contributed by atoms with Gasteiger partial charge in [-0.25, -0.2) is 0 Å². The van der Waals surface area contributed by atoms with Crippen LogP contribution in [-0.2, 0) is 4.79 Å². The average Bonchev–Trinajstić information content (AvgIpc) is 2.32. The zero-order chi connectivity index (χ0) is 13.8. The topological polar surface area (TPSA) is 52.6 Å². The molecule has 1 aliphatic heterocycles. The highest BCUT2D eigenvalue weighted by Gasteiger charge is 2.31. The molecule has 4 nitrogen and oxygen atoms in total. The number of hydrogen-bond acceptors (Lipinski definition) is 3. The van der Waals surface area contributed by atoms with Gasteiger partial charge in [0.05, 0.1) is 0 Å². The first kappa shape index (κ1) is 15.4. The Bertz CT molecular complexity index is 273. The Hall–Kier alpha value is -0.610. The monoisotopic (exact) mass is 256 g/mol. The van der Waals surface area contributed by atoms with E-state index in [2.05, 4.69) is 24.1 Å². The smallest absolute Gasteiger partial charge is 0.323 e. The van der Waals surface area contributed by atoms with Crippen molar-refractivity contribution in [2.75, 3.05) is 13.6 Å². The summed E-state index contributed by atoms with van der Waals surface area (Å²) >= 11 is 0. The Morgan fingerprint density at radius 3 is 2.39 bits per heavy atom. The highest BCUT2D eigenvalue weighted by atomic mass is 16.4. The van der Waals surface area contributed by atoms with E-state index >= 15 is 0 Å². The van der Waals surface area contributed by atoms with E-state index in [4.69, 9.17) is 0 Å². The van der Waals surface area contributed by atoms with Crippen molar-refractivity contribution in [3.05, 3.63) is 0 Å². The zero-order valence-electron chi connectivity index (χ0n) is 12.2. The summed E-state index contributed by atoms with van der Waals surface area (Å²) in [6.07, 6.45) is 5.47. The number of carboxylic acid groups (broad SMARTS) is 1. The maximum Gasteiger partial charge on any atom is 0.323 e. The van der Waals surface area contributed by atoms with Gasteiger partial charge in [-0.15, -0.1) is 0 Å². The lowest BCUT2D eigenvalue weighted by atomic mass is 9.93. The molecule has 1 fully saturated rings. The van der Waals surface area contributed by atoms with Gasteiger partial charge in [-0.2, -0.15) is 0 Å². The van der Waals surface area contributed by atoms with E-state index in [1.54, 1.807) is 14.0 Å². The van der Waals surface area contributed by atoms with Gasteiger partial charge in [0, 0.05) is 12.1 Å². The van der Waals surface area contributed by atoms with Crippen molar-refractivity contribution in [2.45, 2.75) is 70.5 Å². The normalized spacial score (nSPS) is 28.9. The van der Waals surface area contributed by atoms with Gasteiger partial charge >= 0.3 is 5.97 Å². The lowest BCUT2D eigenvalue weighted by Gasteiger charge is -2.39. The maximum atomic E-state index is 11.2. The molecule has 1 saturated heterocycles. The predicted octanol–water partition coefficient (Wildman–Crippen LogP) is 2.09. The minimum atomic E-state index is -0.789. The Labute approximate surface area is 111 Å². The minimum Gasteiger partial charge on any atom is -0.480 e. The number of nitrogens with zero attached hydrogens (tertiary/aromatic N) is 1. The molecule has 0 aromatic rings. The van der Waals surface area contributed by atoms with Gasteiger partial charge in [0.25, 0.3) is 0 Å². The predicted molar refractivity (Wildman–Crippen MR) is 73.8 cm³/mol. The van der Waals surface area contributed by atoms with Gasteiger partial charge in [-0.3, -0.25) is 9.69 Å². The summed E-state index contributed by atoms with van der Waals surface area (Å²) in [4.78, 5) is 13.7. The van der Waals surface area contributed by atoms with E-state index < -0.39 is 11.5 Å². The Balaban J connectivity index is 2.42. The largest absolute Gasteiger partial charge is 0.480 e. The highest BCUT2D eigenvalue weighted by molar-refractivity contribution is 5.78. The molecule has 0 spiro atoms. The first-order valence-electron chi connectivity index (χ1n) is 7.09. The molecule has 1 rings (SSSR count). The Morgan fingerprint density at radius 1 is 1.39 bits per heavy atom. The van der Waals surface area contributed by atoms with Crippen LogP contribution in [0.25, 0.3) is 0 Å². The van der Waals surface area contributed by atoms with Gasteiger partial charge in [0.1, 0.15) is 5.54 Å². The van der Waals surface area contributed by atoms with Gasteiger partial charge in [0.2, 0.25) is 0 Å². The molecule has 0 radical (unpaired) electrons. The summed E-state index contributed by atoms with van der Waals surface area (Å²) < 4.78 is 0. The lowest BCUT2D eigenvalue weighted by Crippen LogP contribution is -2.49. The Kier molecular flexibility index (Phi) is 5.60. The van der Waals surface area contributed by atoms with Crippen LogP contribution >= 0.6 is 0 Å². The van der Waals surface area contributed by atoms with Crippen LogP contribution in [0.5, 0.6) is 0 Å². The van der Waals surface area contributed by atoms with Crippen LogP contribution < -0.4 is 5.32 Å². The Morgan fingerprint density at radius 2 is 1.94 bits per heavy atom. The van der Waals surface area contributed by atoms with Crippen molar-refractivity contribution < 1.29 is 9.90 Å². The number of aliphatic carboxylic acids is 1. The maximum absolute atomic E-state index is 11.2. The number of likely N-dealkylation sites (N-methyl/N-ethyl adjacent to an activating group) is 1. The standard InChI is InChI=1S/C14H28N2O2/c1-11-7-5-8-12(2)16(11)10-6-9-14(3,15-4)13(17)18/h11-12,15H,5-10H2,1-4H3,(H,17,18). The van der Waals surface area contributed by atoms with Gasteiger partial charge in [0.15, 0.2) is 0 Å². The van der Waals surface area contributed by atoms with Crippen molar-refractivity contribution >= 4 is 5.97 Å². The number of carbonyl (C=O) groups is 1. The van der Waals surface area contributed by atoms with Crippen LogP contribution in [0.1, 0.15) is 52.9 Å². The van der Waals surface area contributed by atoms with E-state index in [9.17, 15) is 9.90 Å². The number of piperidine rings is 1. The minimum absolute atomic E-state index is 0.638. The van der Waals surface area contributed by atoms with Gasteiger partial charge < -0.3 is 10.4 Å². The molecule has 3 atom stereocenters. The summed E-state index contributed by atoms with van der Waals surface area (Å²) in [5, 5.41) is 12.1. The molecule has 0 saturated carbocycles. The molecule has 18 heavy (non-hydrogen) atoms. The van der Waals surface area contributed by atoms with Crippen molar-refractivity contribution in [1.29, 1.82) is 0 Å². The fraction of sp³-hybridized carbons (Fsp3) is 0.929. The third-order valence-electron chi connectivity index (χ3n) is 4.49. The SMILES string of the molecule is CNC(C)(CCCN1C(C)CCCC1C)C(=O)O. The lowest BCUT2D eigenvalue weighted by molar-refractivity contribution is -0.144. The first-order valence-corrected chi connectivity index (χ1v) is 7.09. The van der Waals surface area contributed by atoms with Crippen LogP contribution in [0.2, 0.25) is 0 Å². The second kappa shape index (κ2) is 6.53. The first-order chi connectivity index (χ1) is 8.40. The molecular weight excluding hydrogens is 228 g/mol. The second-order valence-electron chi connectivity index (χ2n) is 5.86. The average molecular weight is 256 g/mol. The summed E-state index contributed by atoms with van der Waals surface area (Å²) in [6.45, 7) is 7.33. The fourth-order valence-electron chi connectivity index (χ4n) is 2.87. The van der Waals surface area contributed by atoms with Crippen molar-refractivity contribution in [3.63, 3.8) is 0 Å². The molecule has 0 amide bonds. The highest BCUT2D eigenvalue weighted by Crippen LogP contribution is 2.23. The molecule has 0 bridgehead atoms. The van der Waals surface area contributed by atoms with Gasteiger partial charge in [-0.1, -0.05) is 6.42 Å². The molecule has 0 aromatic carbocycles. The third-order valence-corrected chi connectivity index (χ3v) is 4.49. The molecule has 0 aromatic heterocycles. The number of rotatable bonds is 6. The van der Waals surface area contributed by atoms with Gasteiger partial charge in [-0.05, 0) is 60.0 Å². The number of nitrogens with one attached hydrogen (secondary N) is 1. The molecule has 4 heteroatoms. The zero-order valence-corrected chi connectivity index (χ0v) is 12.2. The number of hydrogen-bond donors (Lipinski definition) is 2. The number of carboxylic acids is 1. The summed E-state index contributed by atoms with van der Waals surface area (Å²) in [5.74, 6) is -0.759. The number of likely N-dealkylation sites (tertiary alicyclic amines) is 1. The van der Waals surface area contributed by atoms with Crippen LogP contribution in [-0.4, -0.2) is 47.2 Å². The summed E-state index contributed by atoms with van der Waals surface area (Å²) in [6, 6.07) is 1.28. The quantitative estimate of drug-likeness (QED) is 0.764. The van der Waals surface area contributed by atoms with Crippen LogP contribution in [0.15, 0.2) is 0 Å². The third kappa shape index (κ3) is 3.69. The summed E-state index contributed by atoms with van der Waals surface area (Å²) in [7, 11) is 1.72. The van der Waals surface area contributed by atoms with E-state index in [-0.39, 0.29) is 0 Å². The van der Waals surface area contributed by atoms with Crippen molar-refractivity contribution in [2.24, 2.45) is 0 Å². The second-order valence-corrected chi connectivity index (χ2v) is 5.86. The van der Waals surface area contributed by atoms with Crippen LogP contribution in [0.4, 0.5) is 0 Å². The van der Waals surface area contributed by atoms with Crippen molar-refractivity contribution in [1.82, 2.24) is 10.2 Å². The van der Waals surface area contributed by atoms with E-state index in [1.807, 2.05) is 0 Å². The van der Waals surface area contributed by atoms with E-state index in [1.165, 1.54) is 19.3 Å². The molecule has 3 unspecified atom stereocenters.